The third-order valence-electron chi connectivity index (χ3n) is 5.15. The zero-order chi connectivity index (χ0) is 20.0. The number of benzene rings is 3. The number of nitrogens with two attached hydrogens (primary N) is 1. The van der Waals surface area contributed by atoms with Crippen LogP contribution in [0.5, 0.6) is 0 Å². The van der Waals surface area contributed by atoms with Crippen molar-refractivity contribution in [2.75, 3.05) is 5.01 Å². The molecule has 1 heterocycles. The zero-order valence-electron chi connectivity index (χ0n) is 14.6. The number of carbonyl (C=O) groups is 2. The largest absolute Gasteiger partial charge is 0.480 e. The molecule has 1 aliphatic rings. The fourth-order valence-corrected chi connectivity index (χ4v) is 4.45. The number of carboxylic acid groups (broad SMARTS) is 1. The number of nitrogens with zero attached hydrogens (tertiary/aromatic N) is 1. The SMILES string of the molecule is NN1c2cc(Cl)cc(Cl)c2C(C(=O)c2cccc3ccccc23)CC1C(=O)O. The van der Waals surface area contributed by atoms with Crippen LogP contribution in [0, 0.1) is 0 Å². The molecular weight excluding hydrogens is 399 g/mol. The minimum atomic E-state index is -1.11. The molecule has 0 spiro atoms. The molecule has 0 saturated carbocycles. The Bertz CT molecular complexity index is 1110. The molecule has 4 rings (SSSR count). The van der Waals surface area contributed by atoms with Crippen molar-refractivity contribution < 1.29 is 14.7 Å². The molecule has 28 heavy (non-hydrogen) atoms. The van der Waals surface area contributed by atoms with Crippen molar-refractivity contribution >= 4 is 51.4 Å². The maximum Gasteiger partial charge on any atom is 0.327 e. The fraction of sp³-hybridized carbons (Fsp3) is 0.143. The molecule has 142 valence electrons. The quantitative estimate of drug-likeness (QED) is 0.481. The molecule has 3 aromatic rings. The number of halogens is 2. The highest BCUT2D eigenvalue weighted by Crippen LogP contribution is 2.44. The van der Waals surface area contributed by atoms with Gasteiger partial charge in [0.2, 0.25) is 0 Å². The van der Waals surface area contributed by atoms with Crippen LogP contribution in [-0.4, -0.2) is 22.9 Å². The molecule has 3 aromatic carbocycles. The van der Waals surface area contributed by atoms with Crippen molar-refractivity contribution in [3.8, 4) is 0 Å². The topological polar surface area (TPSA) is 83.6 Å². The Hall–Kier alpha value is -2.60. The van der Waals surface area contributed by atoms with E-state index in [1.54, 1.807) is 18.2 Å². The van der Waals surface area contributed by atoms with Gasteiger partial charge in [-0.25, -0.2) is 10.6 Å². The van der Waals surface area contributed by atoms with Crippen molar-refractivity contribution in [3.63, 3.8) is 0 Å². The van der Waals surface area contributed by atoms with E-state index in [2.05, 4.69) is 0 Å². The fourth-order valence-electron chi connectivity index (χ4n) is 3.84. The van der Waals surface area contributed by atoms with Gasteiger partial charge in [-0.1, -0.05) is 65.7 Å². The molecule has 0 aromatic heterocycles. The summed E-state index contributed by atoms with van der Waals surface area (Å²) in [6, 6.07) is 15.1. The minimum absolute atomic E-state index is 0.0161. The number of aliphatic carboxylic acids is 1. The molecule has 2 atom stereocenters. The molecule has 0 radical (unpaired) electrons. The van der Waals surface area contributed by atoms with Crippen LogP contribution in [0.25, 0.3) is 10.8 Å². The van der Waals surface area contributed by atoms with Gasteiger partial charge < -0.3 is 5.11 Å². The van der Waals surface area contributed by atoms with Crippen LogP contribution in [0.2, 0.25) is 10.0 Å². The Kier molecular flexibility index (Phi) is 4.75. The summed E-state index contributed by atoms with van der Waals surface area (Å²) in [6.07, 6.45) is 0.0161. The molecule has 7 heteroatoms. The number of rotatable bonds is 3. The first-order chi connectivity index (χ1) is 13.4. The van der Waals surface area contributed by atoms with E-state index in [4.69, 9.17) is 29.0 Å². The van der Waals surface area contributed by atoms with Crippen LogP contribution in [0.3, 0.4) is 0 Å². The molecule has 0 saturated heterocycles. The van der Waals surface area contributed by atoms with E-state index in [-0.39, 0.29) is 12.2 Å². The maximum absolute atomic E-state index is 13.5. The van der Waals surface area contributed by atoms with Crippen LogP contribution in [0.1, 0.15) is 28.3 Å². The average molecular weight is 415 g/mol. The number of hydrazine groups is 1. The van der Waals surface area contributed by atoms with Crippen LogP contribution in [0.4, 0.5) is 5.69 Å². The van der Waals surface area contributed by atoms with Gasteiger partial charge in [-0.05, 0) is 29.3 Å². The first-order valence-electron chi connectivity index (χ1n) is 8.66. The van der Waals surface area contributed by atoms with E-state index in [9.17, 15) is 14.7 Å². The Morgan fingerprint density at radius 1 is 1.07 bits per heavy atom. The number of carbonyl (C=O) groups excluding carboxylic acids is 1. The number of Topliss-reactive ketones (excluding diaryl/α,β-unsaturated/α-hetero) is 1. The summed E-state index contributed by atoms with van der Waals surface area (Å²) in [5, 5.41) is 13.1. The predicted octanol–water partition coefficient (Wildman–Crippen LogP) is 4.65. The molecule has 3 N–H and O–H groups in total. The van der Waals surface area contributed by atoms with Crippen LogP contribution in [0.15, 0.2) is 54.6 Å². The normalized spacial score (nSPS) is 18.8. The van der Waals surface area contributed by atoms with Crippen LogP contribution in [-0.2, 0) is 4.79 Å². The molecule has 0 bridgehead atoms. The van der Waals surface area contributed by atoms with Gasteiger partial charge in [0.05, 0.1) is 11.6 Å². The summed E-state index contributed by atoms with van der Waals surface area (Å²) in [5.41, 5.74) is 1.38. The van der Waals surface area contributed by atoms with Crippen molar-refractivity contribution in [2.45, 2.75) is 18.4 Å². The Labute approximate surface area is 171 Å². The lowest BCUT2D eigenvalue weighted by molar-refractivity contribution is -0.138. The summed E-state index contributed by atoms with van der Waals surface area (Å²) in [5.74, 6) is 4.00. The number of ketones is 1. The number of fused-ring (bicyclic) bond motifs is 2. The third-order valence-corrected chi connectivity index (χ3v) is 5.68. The maximum atomic E-state index is 13.5. The number of anilines is 1. The van der Waals surface area contributed by atoms with Gasteiger partial charge in [0, 0.05) is 21.2 Å². The second-order valence-corrected chi connectivity index (χ2v) is 7.60. The van der Waals surface area contributed by atoms with Gasteiger partial charge in [-0.15, -0.1) is 0 Å². The molecule has 0 fully saturated rings. The van der Waals surface area contributed by atoms with E-state index < -0.39 is 17.9 Å². The van der Waals surface area contributed by atoms with Crippen molar-refractivity contribution in [2.24, 2.45) is 5.84 Å². The molecule has 0 amide bonds. The first kappa shape index (κ1) is 18.7. The standard InChI is InChI=1S/C21H16Cl2N2O3/c22-12-8-16(23)19-15(10-18(21(27)28)25(24)17(19)9-12)20(26)14-7-3-5-11-4-1-2-6-13(11)14/h1-9,15,18H,10,24H2,(H,27,28). The summed E-state index contributed by atoms with van der Waals surface area (Å²) in [4.78, 5) is 25.3. The molecule has 2 unspecified atom stereocenters. The number of hydrogen-bond acceptors (Lipinski definition) is 4. The molecular formula is C21H16Cl2N2O3. The molecule has 0 aliphatic carbocycles. The summed E-state index contributed by atoms with van der Waals surface area (Å²) >= 11 is 12.5. The highest BCUT2D eigenvalue weighted by molar-refractivity contribution is 6.36. The van der Waals surface area contributed by atoms with Gasteiger partial charge in [0.1, 0.15) is 6.04 Å². The minimum Gasteiger partial charge on any atom is -0.480 e. The van der Waals surface area contributed by atoms with E-state index in [1.165, 1.54) is 0 Å². The van der Waals surface area contributed by atoms with Gasteiger partial charge in [-0.2, -0.15) is 0 Å². The van der Waals surface area contributed by atoms with Gasteiger partial charge >= 0.3 is 5.97 Å². The lowest BCUT2D eigenvalue weighted by atomic mass is 9.80. The highest BCUT2D eigenvalue weighted by atomic mass is 35.5. The Morgan fingerprint density at radius 3 is 2.54 bits per heavy atom. The summed E-state index contributed by atoms with van der Waals surface area (Å²) < 4.78 is 0. The molecule has 5 nitrogen and oxygen atoms in total. The second-order valence-electron chi connectivity index (χ2n) is 6.76. The average Bonchev–Trinajstić information content (AvgIpc) is 2.67. The number of carboxylic acids is 1. The predicted molar refractivity (Wildman–Crippen MR) is 110 cm³/mol. The van der Waals surface area contributed by atoms with Crippen molar-refractivity contribution in [3.05, 3.63) is 75.8 Å². The van der Waals surface area contributed by atoms with Gasteiger partial charge in [-0.3, -0.25) is 9.80 Å². The zero-order valence-corrected chi connectivity index (χ0v) is 16.1. The third kappa shape index (κ3) is 3.02. The Morgan fingerprint density at radius 2 is 1.79 bits per heavy atom. The van der Waals surface area contributed by atoms with E-state index in [0.717, 1.165) is 15.8 Å². The van der Waals surface area contributed by atoms with E-state index in [0.29, 0.717) is 26.9 Å². The van der Waals surface area contributed by atoms with Gasteiger partial charge in [0.15, 0.2) is 5.78 Å². The van der Waals surface area contributed by atoms with Crippen LogP contribution < -0.4 is 10.9 Å². The number of hydrogen-bond donors (Lipinski definition) is 2. The smallest absolute Gasteiger partial charge is 0.327 e. The monoisotopic (exact) mass is 414 g/mol. The lowest BCUT2D eigenvalue weighted by Crippen LogP contribution is -2.51. The summed E-state index contributed by atoms with van der Waals surface area (Å²) in [6.45, 7) is 0. The van der Waals surface area contributed by atoms with E-state index in [1.807, 2.05) is 36.4 Å². The van der Waals surface area contributed by atoms with Crippen molar-refractivity contribution in [1.82, 2.24) is 0 Å². The highest BCUT2D eigenvalue weighted by Gasteiger charge is 2.40. The lowest BCUT2D eigenvalue weighted by Gasteiger charge is -2.37. The van der Waals surface area contributed by atoms with E-state index >= 15 is 0 Å². The molecule has 1 aliphatic heterocycles. The first-order valence-corrected chi connectivity index (χ1v) is 9.41. The second kappa shape index (κ2) is 7.09. The summed E-state index contributed by atoms with van der Waals surface area (Å²) in [7, 11) is 0. The van der Waals surface area contributed by atoms with Gasteiger partial charge in [0.25, 0.3) is 0 Å². The Balaban J connectivity index is 1.90. The van der Waals surface area contributed by atoms with Crippen molar-refractivity contribution in [1.29, 1.82) is 0 Å². The van der Waals surface area contributed by atoms with Crippen LogP contribution >= 0.6 is 23.2 Å².